The number of sulfone groups is 1. The van der Waals surface area contributed by atoms with E-state index >= 15 is 0 Å². The Balaban J connectivity index is 2.03. The fourth-order valence-electron chi connectivity index (χ4n) is 3.76. The molecule has 0 aliphatic heterocycles. The van der Waals surface area contributed by atoms with Gasteiger partial charge in [0.05, 0.1) is 16.8 Å². The quantitative estimate of drug-likeness (QED) is 0.805. The van der Waals surface area contributed by atoms with Crippen LogP contribution in [0.1, 0.15) is 24.0 Å². The Morgan fingerprint density at radius 3 is 2.27 bits per heavy atom. The Bertz CT molecular complexity index is 865. The number of rotatable bonds is 7. The SMILES string of the molecule is CCOC[C@@]1(CN)[C@H](c2ccc(F)cc2)[C@@H]1S(=O)(=O)c1ccc(C)cc1. The summed E-state index contributed by atoms with van der Waals surface area (Å²) >= 11 is 0. The fourth-order valence-corrected chi connectivity index (χ4v) is 6.20. The van der Waals surface area contributed by atoms with Crippen LogP contribution in [0.2, 0.25) is 0 Å². The first-order chi connectivity index (χ1) is 12.4. The number of aryl methyl sites for hydroxylation is 1. The van der Waals surface area contributed by atoms with E-state index in [0.717, 1.165) is 11.1 Å². The van der Waals surface area contributed by atoms with E-state index in [0.29, 0.717) is 6.61 Å². The second-order valence-electron chi connectivity index (χ2n) is 6.88. The van der Waals surface area contributed by atoms with Crippen molar-refractivity contribution in [2.45, 2.75) is 29.9 Å². The Labute approximate surface area is 154 Å². The summed E-state index contributed by atoms with van der Waals surface area (Å²) in [6.07, 6.45) is 0. The topological polar surface area (TPSA) is 69.4 Å². The van der Waals surface area contributed by atoms with Gasteiger partial charge in [0.25, 0.3) is 0 Å². The van der Waals surface area contributed by atoms with E-state index in [9.17, 15) is 12.8 Å². The highest BCUT2D eigenvalue weighted by Gasteiger charge is 2.70. The van der Waals surface area contributed by atoms with E-state index in [1.807, 2.05) is 13.8 Å². The first-order valence-electron chi connectivity index (χ1n) is 8.70. The maximum Gasteiger partial charge on any atom is 0.182 e. The molecule has 2 aromatic rings. The highest BCUT2D eigenvalue weighted by Crippen LogP contribution is 2.63. The molecule has 1 aliphatic rings. The van der Waals surface area contributed by atoms with Gasteiger partial charge in [0, 0.05) is 24.5 Å². The first-order valence-corrected chi connectivity index (χ1v) is 10.3. The molecule has 26 heavy (non-hydrogen) atoms. The Hall–Kier alpha value is -1.76. The monoisotopic (exact) mass is 377 g/mol. The van der Waals surface area contributed by atoms with E-state index in [1.54, 1.807) is 36.4 Å². The number of halogens is 1. The normalized spacial score (nSPS) is 25.2. The summed E-state index contributed by atoms with van der Waals surface area (Å²) in [6, 6.07) is 12.8. The lowest BCUT2D eigenvalue weighted by atomic mass is 10.00. The molecule has 0 unspecified atom stereocenters. The summed E-state index contributed by atoms with van der Waals surface area (Å²) in [5, 5.41) is -0.681. The van der Waals surface area contributed by atoms with E-state index in [-0.39, 0.29) is 29.8 Å². The Kier molecular flexibility index (Phi) is 5.19. The minimum Gasteiger partial charge on any atom is -0.381 e. The third kappa shape index (κ3) is 3.17. The van der Waals surface area contributed by atoms with Crippen molar-refractivity contribution in [3.8, 4) is 0 Å². The smallest absolute Gasteiger partial charge is 0.182 e. The zero-order valence-electron chi connectivity index (χ0n) is 15.0. The van der Waals surface area contributed by atoms with Crippen molar-refractivity contribution in [1.29, 1.82) is 0 Å². The summed E-state index contributed by atoms with van der Waals surface area (Å²) in [7, 11) is -3.59. The molecule has 3 atom stereocenters. The van der Waals surface area contributed by atoms with Crippen LogP contribution in [0.15, 0.2) is 53.4 Å². The van der Waals surface area contributed by atoms with Crippen molar-refractivity contribution < 1.29 is 17.5 Å². The number of ether oxygens (including phenoxy) is 1. The molecule has 1 saturated carbocycles. The average molecular weight is 377 g/mol. The van der Waals surface area contributed by atoms with Crippen LogP contribution < -0.4 is 5.73 Å². The summed E-state index contributed by atoms with van der Waals surface area (Å²) in [4.78, 5) is 0.284. The second kappa shape index (κ2) is 7.10. The van der Waals surface area contributed by atoms with E-state index < -0.39 is 20.5 Å². The largest absolute Gasteiger partial charge is 0.381 e. The molecule has 6 heteroatoms. The second-order valence-corrected chi connectivity index (χ2v) is 8.95. The maximum absolute atomic E-state index is 13.3. The van der Waals surface area contributed by atoms with Crippen LogP contribution in [0.5, 0.6) is 0 Å². The lowest BCUT2D eigenvalue weighted by molar-refractivity contribution is 0.101. The molecule has 3 rings (SSSR count). The summed E-state index contributed by atoms with van der Waals surface area (Å²) < 4.78 is 45.5. The molecular weight excluding hydrogens is 353 g/mol. The number of hydrogen-bond acceptors (Lipinski definition) is 4. The van der Waals surface area contributed by atoms with Crippen LogP contribution in [0, 0.1) is 18.2 Å². The van der Waals surface area contributed by atoms with Crippen LogP contribution in [0.25, 0.3) is 0 Å². The lowest BCUT2D eigenvalue weighted by Crippen LogP contribution is -2.29. The molecule has 2 N–H and O–H groups in total. The minimum absolute atomic E-state index is 0.185. The van der Waals surface area contributed by atoms with Gasteiger partial charge in [-0.1, -0.05) is 29.8 Å². The van der Waals surface area contributed by atoms with Gasteiger partial charge in [-0.2, -0.15) is 0 Å². The maximum atomic E-state index is 13.3. The van der Waals surface area contributed by atoms with Crippen molar-refractivity contribution in [1.82, 2.24) is 0 Å². The van der Waals surface area contributed by atoms with Gasteiger partial charge in [0.15, 0.2) is 9.84 Å². The molecule has 0 bridgehead atoms. The molecule has 4 nitrogen and oxygen atoms in total. The number of hydrogen-bond donors (Lipinski definition) is 1. The van der Waals surface area contributed by atoms with Crippen LogP contribution in [0.4, 0.5) is 4.39 Å². The summed E-state index contributed by atoms with van der Waals surface area (Å²) in [5.41, 5.74) is 7.11. The van der Waals surface area contributed by atoms with Crippen molar-refractivity contribution in [2.75, 3.05) is 19.8 Å². The van der Waals surface area contributed by atoms with E-state index in [2.05, 4.69) is 0 Å². The van der Waals surface area contributed by atoms with Crippen molar-refractivity contribution in [2.24, 2.45) is 11.1 Å². The molecule has 0 radical (unpaired) electrons. The molecule has 0 saturated heterocycles. The molecule has 0 spiro atoms. The van der Waals surface area contributed by atoms with Crippen LogP contribution in [-0.4, -0.2) is 33.4 Å². The fraction of sp³-hybridized carbons (Fsp3) is 0.400. The average Bonchev–Trinajstić information content (AvgIpc) is 3.31. The van der Waals surface area contributed by atoms with Gasteiger partial charge < -0.3 is 10.5 Å². The molecular formula is C20H24FNO3S. The predicted molar refractivity (Wildman–Crippen MR) is 99.3 cm³/mol. The Morgan fingerprint density at radius 2 is 1.73 bits per heavy atom. The van der Waals surface area contributed by atoms with Gasteiger partial charge in [0.2, 0.25) is 0 Å². The van der Waals surface area contributed by atoms with Gasteiger partial charge in [0.1, 0.15) is 5.82 Å². The third-order valence-electron chi connectivity index (χ3n) is 5.25. The van der Waals surface area contributed by atoms with Crippen LogP contribution in [0.3, 0.4) is 0 Å². The van der Waals surface area contributed by atoms with Crippen LogP contribution >= 0.6 is 0 Å². The van der Waals surface area contributed by atoms with Crippen molar-refractivity contribution >= 4 is 9.84 Å². The Morgan fingerprint density at radius 1 is 1.12 bits per heavy atom. The highest BCUT2D eigenvalue weighted by molar-refractivity contribution is 7.92. The first kappa shape index (κ1) is 19.0. The van der Waals surface area contributed by atoms with Crippen molar-refractivity contribution in [3.05, 3.63) is 65.5 Å². The van der Waals surface area contributed by atoms with Gasteiger partial charge in [-0.15, -0.1) is 0 Å². The van der Waals surface area contributed by atoms with Gasteiger partial charge in [-0.25, -0.2) is 12.8 Å². The molecule has 140 valence electrons. The van der Waals surface area contributed by atoms with Gasteiger partial charge >= 0.3 is 0 Å². The van der Waals surface area contributed by atoms with E-state index in [1.165, 1.54) is 12.1 Å². The predicted octanol–water partition coefficient (Wildman–Crippen LogP) is 3.06. The molecule has 2 aromatic carbocycles. The number of benzene rings is 2. The standard InChI is InChI=1S/C20H24FNO3S/c1-3-25-13-20(12-22)18(15-6-8-16(21)9-7-15)19(20)26(23,24)17-10-4-14(2)5-11-17/h4-11,18-19H,3,12-13,22H2,1-2H3/t18-,19+,20+/m1/s1. The molecule has 0 heterocycles. The highest BCUT2D eigenvalue weighted by atomic mass is 32.2. The summed E-state index contributed by atoms with van der Waals surface area (Å²) in [5.74, 6) is -0.665. The zero-order valence-corrected chi connectivity index (χ0v) is 15.8. The van der Waals surface area contributed by atoms with E-state index in [4.69, 9.17) is 10.5 Å². The molecule has 1 aliphatic carbocycles. The molecule has 0 aromatic heterocycles. The van der Waals surface area contributed by atoms with Gasteiger partial charge in [-0.3, -0.25) is 0 Å². The molecule has 0 amide bonds. The molecule has 1 fully saturated rings. The van der Waals surface area contributed by atoms with Crippen LogP contribution in [-0.2, 0) is 14.6 Å². The lowest BCUT2D eigenvalue weighted by Gasteiger charge is -2.16. The van der Waals surface area contributed by atoms with Crippen molar-refractivity contribution in [3.63, 3.8) is 0 Å². The zero-order chi connectivity index (χ0) is 18.9. The van der Waals surface area contributed by atoms with Gasteiger partial charge in [-0.05, 0) is 43.7 Å². The number of nitrogens with two attached hydrogens (primary N) is 1. The minimum atomic E-state index is -3.59. The summed E-state index contributed by atoms with van der Waals surface area (Å²) in [6.45, 7) is 4.70. The third-order valence-corrected chi connectivity index (χ3v) is 7.59.